The van der Waals surface area contributed by atoms with Crippen molar-refractivity contribution < 1.29 is 14.8 Å². The summed E-state index contributed by atoms with van der Waals surface area (Å²) in [7, 11) is 1.50. The van der Waals surface area contributed by atoms with Gasteiger partial charge in [0.25, 0.3) is 0 Å². The number of ether oxygens (including phenoxy) is 1. The summed E-state index contributed by atoms with van der Waals surface area (Å²) in [5.74, 6) is 0.463. The van der Waals surface area contributed by atoms with Gasteiger partial charge in [0.1, 0.15) is 5.69 Å². The lowest BCUT2D eigenvalue weighted by Gasteiger charge is -2.11. The first-order chi connectivity index (χ1) is 17.0. The van der Waals surface area contributed by atoms with E-state index in [1.807, 2.05) is 49.4 Å². The zero-order valence-corrected chi connectivity index (χ0v) is 19.3. The molecule has 4 N–H and O–H groups in total. The molecule has 0 aliphatic carbocycles. The molecule has 35 heavy (non-hydrogen) atoms. The lowest BCUT2D eigenvalue weighted by atomic mass is 10.00. The molecule has 4 heterocycles. The SMILES string of the molecule is COc1cc(-c2c(-c3ccccc3)[nH+]c(N)n3c(=O)n(Cc4ccc(C)cn4)nc23)cc(CO)n1. The second-order valence-electron chi connectivity index (χ2n) is 8.10. The summed E-state index contributed by atoms with van der Waals surface area (Å²) in [4.78, 5) is 25.2. The standard InChI is InChI=1S/C25H23N7O3/c1-15-8-9-18(27-12-15)13-31-25(34)32-23(30-31)21(17-10-19(14-33)28-20(11-17)35-2)22(29-24(32)26)16-6-4-3-5-7-16/h3-12,33H,13-14H2,1-2H3,(H2,26,29)/p+1. The van der Waals surface area contributed by atoms with E-state index >= 15 is 0 Å². The van der Waals surface area contributed by atoms with Gasteiger partial charge in [0.05, 0.1) is 37.2 Å². The summed E-state index contributed by atoms with van der Waals surface area (Å²) in [6.45, 7) is 1.85. The van der Waals surface area contributed by atoms with Crippen molar-refractivity contribution in [1.82, 2.24) is 24.1 Å². The van der Waals surface area contributed by atoms with E-state index < -0.39 is 5.69 Å². The molecule has 1 aromatic carbocycles. The summed E-state index contributed by atoms with van der Waals surface area (Å²) < 4.78 is 8.03. The van der Waals surface area contributed by atoms with E-state index in [9.17, 15) is 9.90 Å². The Hall–Kier alpha value is -4.57. The monoisotopic (exact) mass is 470 g/mol. The number of aliphatic hydroxyl groups excluding tert-OH is 1. The van der Waals surface area contributed by atoms with Crippen LogP contribution in [0.1, 0.15) is 17.0 Å². The number of nitrogens with zero attached hydrogens (tertiary/aromatic N) is 5. The highest BCUT2D eigenvalue weighted by molar-refractivity contribution is 5.89. The van der Waals surface area contributed by atoms with Crippen molar-refractivity contribution in [1.29, 1.82) is 0 Å². The fraction of sp³-hybridized carbons (Fsp3) is 0.160. The van der Waals surface area contributed by atoms with Gasteiger partial charge in [0.2, 0.25) is 11.5 Å². The van der Waals surface area contributed by atoms with Crippen LogP contribution in [0.5, 0.6) is 5.88 Å². The van der Waals surface area contributed by atoms with Crippen molar-refractivity contribution in [3.8, 4) is 28.3 Å². The van der Waals surface area contributed by atoms with Gasteiger partial charge in [0, 0.05) is 17.8 Å². The number of rotatable bonds is 6. The minimum absolute atomic E-state index is 0.138. The number of aromatic nitrogens is 6. The Morgan fingerprint density at radius 1 is 1.09 bits per heavy atom. The average Bonchev–Trinajstić information content (AvgIpc) is 3.21. The molecular formula is C25H24N7O3+. The molecule has 0 fully saturated rings. The highest BCUT2D eigenvalue weighted by Crippen LogP contribution is 2.34. The third-order valence-corrected chi connectivity index (χ3v) is 5.67. The number of fused-ring (bicyclic) bond motifs is 1. The number of aliphatic hydroxyl groups is 1. The van der Waals surface area contributed by atoms with Gasteiger partial charge in [-0.3, -0.25) is 10.7 Å². The zero-order chi connectivity index (χ0) is 24.5. The number of pyridine rings is 2. The van der Waals surface area contributed by atoms with Crippen LogP contribution in [0.2, 0.25) is 0 Å². The summed E-state index contributed by atoms with van der Waals surface area (Å²) in [6, 6.07) is 16.9. The Morgan fingerprint density at radius 2 is 1.89 bits per heavy atom. The summed E-state index contributed by atoms with van der Waals surface area (Å²) in [5.41, 5.74) is 11.2. The average molecular weight is 471 g/mol. The third-order valence-electron chi connectivity index (χ3n) is 5.67. The lowest BCUT2D eigenvalue weighted by molar-refractivity contribution is -0.351. The molecule has 10 heteroatoms. The van der Waals surface area contributed by atoms with Crippen molar-refractivity contribution >= 4 is 11.6 Å². The highest BCUT2D eigenvalue weighted by atomic mass is 16.5. The van der Waals surface area contributed by atoms with Crippen molar-refractivity contribution in [2.24, 2.45) is 0 Å². The number of methoxy groups -OCH3 is 1. The molecular weight excluding hydrogens is 446 g/mol. The minimum Gasteiger partial charge on any atom is -0.481 e. The molecule has 0 amide bonds. The number of H-pyrrole nitrogens is 1. The third kappa shape index (κ3) is 4.11. The van der Waals surface area contributed by atoms with Crippen LogP contribution in [-0.4, -0.2) is 36.4 Å². The highest BCUT2D eigenvalue weighted by Gasteiger charge is 2.26. The smallest absolute Gasteiger partial charge is 0.411 e. The first-order valence-corrected chi connectivity index (χ1v) is 11.0. The lowest BCUT2D eigenvalue weighted by Crippen LogP contribution is -2.28. The van der Waals surface area contributed by atoms with Gasteiger partial charge >= 0.3 is 11.6 Å². The van der Waals surface area contributed by atoms with E-state index in [2.05, 4.69) is 20.1 Å². The molecule has 0 saturated carbocycles. The fourth-order valence-electron chi connectivity index (χ4n) is 3.98. The Balaban J connectivity index is 1.81. The van der Waals surface area contributed by atoms with Crippen LogP contribution in [0, 0.1) is 6.92 Å². The number of nitrogen functional groups attached to an aromatic ring is 1. The van der Waals surface area contributed by atoms with E-state index in [1.54, 1.807) is 18.3 Å². The summed E-state index contributed by atoms with van der Waals surface area (Å²) in [6.07, 6.45) is 1.75. The molecule has 0 atom stereocenters. The molecule has 176 valence electrons. The zero-order valence-electron chi connectivity index (χ0n) is 19.3. The number of nitrogens with two attached hydrogens (primary N) is 1. The maximum atomic E-state index is 13.4. The molecule has 5 aromatic rings. The number of anilines is 1. The molecule has 5 rings (SSSR count). The van der Waals surface area contributed by atoms with Gasteiger partial charge in [-0.05, 0) is 30.2 Å². The molecule has 0 spiro atoms. The van der Waals surface area contributed by atoms with Crippen LogP contribution in [0.25, 0.3) is 28.0 Å². The van der Waals surface area contributed by atoms with E-state index in [-0.39, 0.29) is 19.1 Å². The fourth-order valence-corrected chi connectivity index (χ4v) is 3.98. The first kappa shape index (κ1) is 22.2. The normalized spacial score (nSPS) is 11.2. The van der Waals surface area contributed by atoms with Crippen LogP contribution in [0.3, 0.4) is 0 Å². The number of aromatic amines is 1. The van der Waals surface area contributed by atoms with Crippen LogP contribution in [0.15, 0.2) is 65.6 Å². The Labute approximate surface area is 200 Å². The molecule has 0 aliphatic heterocycles. The summed E-state index contributed by atoms with van der Waals surface area (Å²) in [5, 5.41) is 14.4. The quantitative estimate of drug-likeness (QED) is 0.387. The first-order valence-electron chi connectivity index (χ1n) is 11.0. The summed E-state index contributed by atoms with van der Waals surface area (Å²) >= 11 is 0. The molecule has 0 aliphatic rings. The van der Waals surface area contributed by atoms with Gasteiger partial charge in [-0.15, -0.1) is 9.50 Å². The van der Waals surface area contributed by atoms with Crippen LogP contribution in [-0.2, 0) is 13.2 Å². The topological polar surface area (TPSA) is 135 Å². The molecule has 0 saturated heterocycles. The second kappa shape index (κ2) is 8.99. The molecule has 0 bridgehead atoms. The van der Waals surface area contributed by atoms with E-state index in [4.69, 9.17) is 10.5 Å². The van der Waals surface area contributed by atoms with Crippen molar-refractivity contribution in [3.05, 3.63) is 88.2 Å². The second-order valence-corrected chi connectivity index (χ2v) is 8.10. The number of hydrogen-bond donors (Lipinski definition) is 2. The Kier molecular flexibility index (Phi) is 5.71. The minimum atomic E-state index is -0.402. The number of benzene rings is 1. The molecule has 4 aromatic heterocycles. The molecule has 0 radical (unpaired) electrons. The number of aryl methyl sites for hydroxylation is 1. The van der Waals surface area contributed by atoms with Gasteiger partial charge in [-0.25, -0.2) is 14.8 Å². The van der Waals surface area contributed by atoms with Crippen molar-refractivity contribution in [3.63, 3.8) is 0 Å². The Bertz CT molecular complexity index is 1550. The molecule has 0 unspecified atom stereocenters. The van der Waals surface area contributed by atoms with Gasteiger partial charge < -0.3 is 9.84 Å². The van der Waals surface area contributed by atoms with Gasteiger partial charge in [-0.2, -0.15) is 4.68 Å². The Morgan fingerprint density at radius 3 is 2.57 bits per heavy atom. The maximum Gasteiger partial charge on any atom is 0.411 e. The van der Waals surface area contributed by atoms with E-state index in [0.717, 1.165) is 11.1 Å². The van der Waals surface area contributed by atoms with Gasteiger partial charge in [-0.1, -0.05) is 36.4 Å². The van der Waals surface area contributed by atoms with Crippen LogP contribution in [0.4, 0.5) is 5.95 Å². The predicted octanol–water partition coefficient (Wildman–Crippen LogP) is 1.87. The van der Waals surface area contributed by atoms with Crippen molar-refractivity contribution in [2.75, 3.05) is 12.8 Å². The van der Waals surface area contributed by atoms with E-state index in [1.165, 1.54) is 16.2 Å². The predicted molar refractivity (Wildman–Crippen MR) is 130 cm³/mol. The number of hydrogen-bond acceptors (Lipinski definition) is 7. The van der Waals surface area contributed by atoms with Crippen LogP contribution >= 0.6 is 0 Å². The van der Waals surface area contributed by atoms with Crippen molar-refractivity contribution in [2.45, 2.75) is 20.1 Å². The number of nitrogens with one attached hydrogen (secondary N) is 1. The van der Waals surface area contributed by atoms with E-state index in [0.29, 0.717) is 39.7 Å². The largest absolute Gasteiger partial charge is 0.481 e. The van der Waals surface area contributed by atoms with Crippen LogP contribution < -0.4 is 21.1 Å². The van der Waals surface area contributed by atoms with Gasteiger partial charge in [0.15, 0.2) is 0 Å². The molecule has 10 nitrogen and oxygen atoms in total. The maximum absolute atomic E-state index is 13.4.